The number of phosphoric ester groups is 1. The first-order valence-electron chi connectivity index (χ1n) is 16.2. The lowest BCUT2D eigenvalue weighted by Crippen LogP contribution is -2.00. The Morgan fingerprint density at radius 1 is 0.388 bits per heavy atom. The Hall–Kier alpha value is -5.93. The van der Waals surface area contributed by atoms with Gasteiger partial charge in [0.2, 0.25) is 0 Å². The first kappa shape index (κ1) is 29.2. The summed E-state index contributed by atoms with van der Waals surface area (Å²) < 4.78 is 26.7. The fourth-order valence-corrected chi connectivity index (χ4v) is 8.05. The third-order valence-electron chi connectivity index (χ3n) is 9.27. The molecule has 1 aliphatic rings. The second-order valence-corrected chi connectivity index (χ2v) is 13.5. The second kappa shape index (κ2) is 11.6. The highest BCUT2D eigenvalue weighted by molar-refractivity contribution is 7.48. The summed E-state index contributed by atoms with van der Waals surface area (Å²) in [6.07, 6.45) is 0. The molecule has 0 atom stereocenters. The minimum atomic E-state index is -4.72. The van der Waals surface area contributed by atoms with E-state index in [1.807, 2.05) is 109 Å². The van der Waals surface area contributed by atoms with Crippen LogP contribution in [0.2, 0.25) is 0 Å². The minimum absolute atomic E-state index is 0.310. The van der Waals surface area contributed by atoms with Crippen LogP contribution in [0.5, 0.6) is 11.5 Å². The van der Waals surface area contributed by atoms with E-state index in [1.54, 1.807) is 0 Å². The van der Waals surface area contributed by atoms with E-state index in [0.29, 0.717) is 33.8 Å². The molecule has 0 fully saturated rings. The van der Waals surface area contributed by atoms with Crippen LogP contribution in [0.25, 0.3) is 77.2 Å². The van der Waals surface area contributed by atoms with Gasteiger partial charge in [-0.25, -0.2) is 4.57 Å². The van der Waals surface area contributed by atoms with Gasteiger partial charge in [0.25, 0.3) is 0 Å². The Bertz CT molecular complexity index is 2420. The number of phosphoric acid groups is 1. The summed E-state index contributed by atoms with van der Waals surface area (Å²) in [5, 5.41) is 3.73. The van der Waals surface area contributed by atoms with Crippen LogP contribution in [0.3, 0.4) is 0 Å². The van der Waals surface area contributed by atoms with Crippen molar-refractivity contribution in [2.75, 3.05) is 0 Å². The van der Waals surface area contributed by atoms with E-state index in [1.165, 1.54) is 0 Å². The molecule has 0 spiro atoms. The molecule has 0 radical (unpaired) electrons. The molecule has 5 heteroatoms. The molecule has 9 rings (SSSR count). The fraction of sp³-hybridized carbons (Fsp3) is 0. The molecule has 234 valence electrons. The van der Waals surface area contributed by atoms with Crippen LogP contribution in [-0.2, 0) is 4.57 Å². The van der Waals surface area contributed by atoms with Crippen LogP contribution in [0.4, 0.5) is 0 Å². The minimum Gasteiger partial charge on any atom is -0.394 e. The molecule has 0 bridgehead atoms. The topological polar surface area (TPSA) is 55.8 Å². The predicted octanol–water partition coefficient (Wildman–Crippen LogP) is 12.2. The van der Waals surface area contributed by atoms with Crippen LogP contribution in [0, 0.1) is 0 Å². The van der Waals surface area contributed by atoms with E-state index in [9.17, 15) is 9.46 Å². The standard InChI is InChI=1S/C44H29O4P/c45-49(46)47-43-39(37-25-13-11-21-33(37)29-15-3-1-4-16-29)27-31-19-7-9-23-35(31)41(43)42-36-24-10-8-20-32(36)28-40(44(42)48-49)38-26-14-12-22-34(38)30-17-5-2-6-18-30/h1-28H,(H,45,46). The van der Waals surface area contributed by atoms with Gasteiger partial charge in [0.15, 0.2) is 0 Å². The summed E-state index contributed by atoms with van der Waals surface area (Å²) in [6.45, 7) is 0. The van der Waals surface area contributed by atoms with Crippen molar-refractivity contribution in [3.05, 3.63) is 170 Å². The Kier molecular flexibility index (Phi) is 6.94. The Morgan fingerprint density at radius 2 is 0.735 bits per heavy atom. The van der Waals surface area contributed by atoms with Gasteiger partial charge in [0.1, 0.15) is 11.5 Å². The van der Waals surface area contributed by atoms with Crippen LogP contribution in [0.1, 0.15) is 0 Å². The van der Waals surface area contributed by atoms with Crippen molar-refractivity contribution in [2.45, 2.75) is 0 Å². The predicted molar refractivity (Wildman–Crippen MR) is 200 cm³/mol. The molecule has 0 aromatic heterocycles. The maximum Gasteiger partial charge on any atom is 0.584 e. The Balaban J connectivity index is 1.44. The zero-order valence-corrected chi connectivity index (χ0v) is 27.2. The van der Waals surface area contributed by atoms with E-state index in [-0.39, 0.29) is 0 Å². The van der Waals surface area contributed by atoms with E-state index in [4.69, 9.17) is 9.05 Å². The van der Waals surface area contributed by atoms with Crippen molar-refractivity contribution in [2.24, 2.45) is 0 Å². The zero-order chi connectivity index (χ0) is 33.0. The van der Waals surface area contributed by atoms with Crippen molar-refractivity contribution in [1.29, 1.82) is 0 Å². The van der Waals surface area contributed by atoms with Gasteiger partial charge in [-0.3, -0.25) is 4.89 Å². The summed E-state index contributed by atoms with van der Waals surface area (Å²) in [5.41, 5.74) is 8.64. The lowest BCUT2D eigenvalue weighted by Gasteiger charge is -2.20. The zero-order valence-electron chi connectivity index (χ0n) is 26.3. The average molecular weight is 653 g/mol. The van der Waals surface area contributed by atoms with Gasteiger partial charge < -0.3 is 9.05 Å². The van der Waals surface area contributed by atoms with Gasteiger partial charge in [-0.2, -0.15) is 0 Å². The van der Waals surface area contributed by atoms with Crippen molar-refractivity contribution in [1.82, 2.24) is 0 Å². The summed E-state index contributed by atoms with van der Waals surface area (Å²) in [4.78, 5) is 11.6. The lowest BCUT2D eigenvalue weighted by atomic mass is 9.84. The number of benzene rings is 8. The van der Waals surface area contributed by atoms with E-state index >= 15 is 0 Å². The number of hydrogen-bond donors (Lipinski definition) is 1. The monoisotopic (exact) mass is 652 g/mol. The van der Waals surface area contributed by atoms with Gasteiger partial charge in [-0.1, -0.05) is 158 Å². The van der Waals surface area contributed by atoms with Gasteiger partial charge >= 0.3 is 7.82 Å². The van der Waals surface area contributed by atoms with Crippen LogP contribution in [-0.4, -0.2) is 4.89 Å². The summed E-state index contributed by atoms with van der Waals surface area (Å²) in [5.74, 6) is 0.621. The molecular weight excluding hydrogens is 623 g/mol. The second-order valence-electron chi connectivity index (χ2n) is 12.2. The molecular formula is C44H29O4P. The van der Waals surface area contributed by atoms with Crippen molar-refractivity contribution < 1.29 is 18.5 Å². The van der Waals surface area contributed by atoms with Crippen molar-refractivity contribution in [3.8, 4) is 67.1 Å². The quantitative estimate of drug-likeness (QED) is 0.192. The molecule has 49 heavy (non-hydrogen) atoms. The maximum absolute atomic E-state index is 14.2. The molecule has 8 aromatic rings. The smallest absolute Gasteiger partial charge is 0.394 e. The molecule has 1 N–H and O–H groups in total. The van der Waals surface area contributed by atoms with E-state index < -0.39 is 7.82 Å². The lowest BCUT2D eigenvalue weighted by molar-refractivity contribution is 0.295. The molecule has 8 aromatic carbocycles. The largest absolute Gasteiger partial charge is 0.584 e. The van der Waals surface area contributed by atoms with Crippen LogP contribution >= 0.6 is 7.82 Å². The fourth-order valence-electron chi connectivity index (χ4n) is 7.17. The number of fused-ring (bicyclic) bond motifs is 7. The molecule has 1 heterocycles. The molecule has 0 saturated heterocycles. The molecule has 0 aliphatic carbocycles. The average Bonchev–Trinajstić information content (AvgIpc) is 3.28. The highest BCUT2D eigenvalue weighted by atomic mass is 31.2. The highest BCUT2D eigenvalue weighted by Gasteiger charge is 2.38. The molecule has 1 aliphatic heterocycles. The number of rotatable bonds is 4. The van der Waals surface area contributed by atoms with Gasteiger partial charge in [-0.15, -0.1) is 0 Å². The van der Waals surface area contributed by atoms with Gasteiger partial charge in [0, 0.05) is 22.3 Å². The van der Waals surface area contributed by atoms with E-state index in [0.717, 1.165) is 54.9 Å². The molecule has 4 nitrogen and oxygen atoms in total. The third-order valence-corrected chi connectivity index (χ3v) is 10.1. The first-order valence-corrected chi connectivity index (χ1v) is 17.7. The van der Waals surface area contributed by atoms with Gasteiger partial charge in [-0.05, 0) is 67.1 Å². The summed E-state index contributed by atoms with van der Waals surface area (Å²) in [6, 6.07) is 56.8. The summed E-state index contributed by atoms with van der Waals surface area (Å²) >= 11 is 0. The van der Waals surface area contributed by atoms with Crippen LogP contribution in [0.15, 0.2) is 170 Å². The van der Waals surface area contributed by atoms with Crippen molar-refractivity contribution in [3.63, 3.8) is 0 Å². The molecule has 0 saturated carbocycles. The third kappa shape index (κ3) is 5.01. The first-order chi connectivity index (χ1) is 24.1. The normalized spacial score (nSPS) is 13.2. The summed E-state index contributed by atoms with van der Waals surface area (Å²) in [7, 11) is -4.72. The van der Waals surface area contributed by atoms with Gasteiger partial charge in [0.05, 0.1) is 0 Å². The SMILES string of the molecule is O=P1(O)Oc2c(-c3ccccc3-c3ccccc3)cc3ccccc3c2-c2c(c(-c3ccccc3-c3ccccc3)cc3ccccc23)O1. The highest BCUT2D eigenvalue weighted by Crippen LogP contribution is 2.62. The molecule has 0 amide bonds. The Morgan fingerprint density at radius 3 is 1.16 bits per heavy atom. The maximum atomic E-state index is 14.2. The van der Waals surface area contributed by atoms with E-state index in [2.05, 4.69) is 60.7 Å². The van der Waals surface area contributed by atoms with Crippen LogP contribution < -0.4 is 9.05 Å². The molecule has 0 unspecified atom stereocenters. The van der Waals surface area contributed by atoms with Crippen molar-refractivity contribution >= 4 is 29.4 Å². The Labute approximate surface area is 284 Å². The number of hydrogen-bond acceptors (Lipinski definition) is 3.